The number of para-hydroxylation sites is 2. The molecule has 4 rings (SSSR count). The molecule has 4 heteroatoms. The first kappa shape index (κ1) is 14.5. The molecule has 0 bridgehead atoms. The molecule has 0 N–H and O–H groups in total. The van der Waals surface area contributed by atoms with Gasteiger partial charge in [-0.25, -0.2) is 0 Å². The van der Waals surface area contributed by atoms with E-state index in [0.717, 1.165) is 11.1 Å². The summed E-state index contributed by atoms with van der Waals surface area (Å²) in [5.74, 6) is 0. The molecule has 0 fully saturated rings. The third-order valence-corrected chi connectivity index (χ3v) is 4.32. The van der Waals surface area contributed by atoms with E-state index in [2.05, 4.69) is 56.0 Å². The van der Waals surface area contributed by atoms with E-state index in [4.69, 9.17) is 0 Å². The third kappa shape index (κ3) is 2.42. The van der Waals surface area contributed by atoms with E-state index >= 15 is 0 Å². The molecule has 4 aromatic rings. The first-order valence-electron chi connectivity index (χ1n) is 7.88. The van der Waals surface area contributed by atoms with Crippen LogP contribution >= 0.6 is 0 Å². The predicted octanol–water partition coefficient (Wildman–Crippen LogP) is 4.12. The highest BCUT2D eigenvalue weighted by Gasteiger charge is 2.04. The van der Waals surface area contributed by atoms with Gasteiger partial charge in [-0.15, -0.1) is 0 Å². The molecule has 0 aliphatic carbocycles. The lowest BCUT2D eigenvalue weighted by atomic mass is 10.2. The Morgan fingerprint density at radius 3 is 1.54 bits per heavy atom. The summed E-state index contributed by atoms with van der Waals surface area (Å²) in [6.45, 7) is 0. The highest BCUT2D eigenvalue weighted by molar-refractivity contribution is 6.01. The average Bonchev–Trinajstić information content (AvgIpc) is 3.10. The Bertz CT molecular complexity index is 992. The second kappa shape index (κ2) is 5.81. The molecule has 0 saturated heterocycles. The summed E-state index contributed by atoms with van der Waals surface area (Å²) < 4.78 is 4.20. The smallest absolute Gasteiger partial charge is 0.0589 e. The Kier molecular flexibility index (Phi) is 3.50. The zero-order chi connectivity index (χ0) is 16.5. The Morgan fingerprint density at radius 1 is 0.667 bits per heavy atom. The number of fused-ring (bicyclic) bond motifs is 2. The van der Waals surface area contributed by atoms with Crippen LogP contribution in [0.1, 0.15) is 11.1 Å². The molecule has 4 nitrogen and oxygen atoms in total. The molecule has 118 valence electrons. The zero-order valence-corrected chi connectivity index (χ0v) is 13.7. The van der Waals surface area contributed by atoms with E-state index in [0.29, 0.717) is 0 Å². The van der Waals surface area contributed by atoms with Crippen LogP contribution in [0.4, 0.5) is 0 Å². The Balaban J connectivity index is 1.63. The first-order chi connectivity index (χ1) is 11.7. The summed E-state index contributed by atoms with van der Waals surface area (Å²) in [6, 6.07) is 16.6. The summed E-state index contributed by atoms with van der Waals surface area (Å²) in [4.78, 5) is 0. The van der Waals surface area contributed by atoms with E-state index in [1.807, 2.05) is 50.8 Å². The van der Waals surface area contributed by atoms with Gasteiger partial charge in [0.2, 0.25) is 0 Å². The van der Waals surface area contributed by atoms with Crippen LogP contribution in [0.15, 0.2) is 71.1 Å². The topological polar surface area (TPSA) is 34.6 Å². The maximum Gasteiger partial charge on any atom is 0.0589 e. The van der Waals surface area contributed by atoms with Gasteiger partial charge in [-0.1, -0.05) is 36.4 Å². The second-order valence-corrected chi connectivity index (χ2v) is 5.91. The number of benzene rings is 2. The zero-order valence-electron chi connectivity index (χ0n) is 13.7. The maximum atomic E-state index is 4.24. The summed E-state index contributed by atoms with van der Waals surface area (Å²) in [5, 5.41) is 10.8. The van der Waals surface area contributed by atoms with Crippen LogP contribution in [0, 0.1) is 0 Å². The normalized spacial score (nSPS) is 12.2. The largest absolute Gasteiger partial charge is 0.350 e. The van der Waals surface area contributed by atoms with Gasteiger partial charge in [-0.05, 0) is 12.1 Å². The second-order valence-electron chi connectivity index (χ2n) is 5.91. The highest BCUT2D eigenvalue weighted by atomic mass is 15.2. The molecule has 0 aliphatic rings. The molecular formula is C20H18N4. The third-order valence-electron chi connectivity index (χ3n) is 4.32. The molecule has 0 radical (unpaired) electrons. The number of nitrogens with zero attached hydrogens (tertiary/aromatic N) is 4. The van der Waals surface area contributed by atoms with Gasteiger partial charge in [-0.3, -0.25) is 0 Å². The lowest BCUT2D eigenvalue weighted by molar-refractivity contribution is 0.968. The predicted molar refractivity (Wildman–Crippen MR) is 101 cm³/mol. The molecule has 2 aromatic carbocycles. The van der Waals surface area contributed by atoms with Crippen molar-refractivity contribution in [3.8, 4) is 0 Å². The van der Waals surface area contributed by atoms with E-state index in [1.54, 1.807) is 0 Å². The van der Waals surface area contributed by atoms with Crippen molar-refractivity contribution in [1.82, 2.24) is 9.13 Å². The first-order valence-corrected chi connectivity index (χ1v) is 7.88. The number of hydrogen-bond donors (Lipinski definition) is 0. The van der Waals surface area contributed by atoms with Crippen molar-refractivity contribution in [2.24, 2.45) is 24.3 Å². The SMILES string of the molecule is Cn1cc(C=NN=Cc2cn(C)c3ccccc23)c2ccccc21. The van der Waals surface area contributed by atoms with Crippen molar-refractivity contribution in [1.29, 1.82) is 0 Å². The van der Waals surface area contributed by atoms with Crippen LogP contribution in [0.25, 0.3) is 21.8 Å². The lowest BCUT2D eigenvalue weighted by Crippen LogP contribution is -1.82. The molecule has 0 saturated carbocycles. The fraction of sp³-hybridized carbons (Fsp3) is 0.100. The monoisotopic (exact) mass is 314 g/mol. The van der Waals surface area contributed by atoms with Crippen molar-refractivity contribution < 1.29 is 0 Å². The molecular weight excluding hydrogens is 296 g/mol. The lowest BCUT2D eigenvalue weighted by Gasteiger charge is -1.92. The molecule has 0 atom stereocenters. The number of aromatic nitrogens is 2. The van der Waals surface area contributed by atoms with E-state index in [-0.39, 0.29) is 0 Å². The van der Waals surface area contributed by atoms with E-state index < -0.39 is 0 Å². The highest BCUT2D eigenvalue weighted by Crippen LogP contribution is 2.19. The minimum absolute atomic E-state index is 1.07. The minimum Gasteiger partial charge on any atom is -0.350 e. The Morgan fingerprint density at radius 2 is 1.08 bits per heavy atom. The molecule has 2 aromatic heterocycles. The quantitative estimate of drug-likeness (QED) is 0.403. The fourth-order valence-corrected chi connectivity index (χ4v) is 3.14. The summed E-state index contributed by atoms with van der Waals surface area (Å²) in [7, 11) is 4.08. The van der Waals surface area contributed by atoms with Gasteiger partial charge in [0.15, 0.2) is 0 Å². The van der Waals surface area contributed by atoms with Gasteiger partial charge in [-0.2, -0.15) is 10.2 Å². The van der Waals surface area contributed by atoms with Crippen LogP contribution in [0.5, 0.6) is 0 Å². The van der Waals surface area contributed by atoms with Gasteiger partial charge in [0.25, 0.3) is 0 Å². The van der Waals surface area contributed by atoms with Gasteiger partial charge in [0, 0.05) is 59.4 Å². The van der Waals surface area contributed by atoms with Gasteiger partial charge >= 0.3 is 0 Å². The molecule has 24 heavy (non-hydrogen) atoms. The van der Waals surface area contributed by atoms with Crippen LogP contribution in [-0.4, -0.2) is 21.6 Å². The number of aryl methyl sites for hydroxylation is 2. The van der Waals surface area contributed by atoms with Crippen LogP contribution in [0.3, 0.4) is 0 Å². The van der Waals surface area contributed by atoms with Crippen molar-refractivity contribution in [2.45, 2.75) is 0 Å². The number of hydrogen-bond acceptors (Lipinski definition) is 2. The Hall–Kier alpha value is -3.14. The van der Waals surface area contributed by atoms with Crippen LogP contribution < -0.4 is 0 Å². The number of rotatable bonds is 3. The maximum absolute atomic E-state index is 4.24. The molecule has 0 spiro atoms. The Labute approximate surface area is 140 Å². The minimum atomic E-state index is 1.07. The van der Waals surface area contributed by atoms with Crippen molar-refractivity contribution in [3.63, 3.8) is 0 Å². The van der Waals surface area contributed by atoms with E-state index in [1.165, 1.54) is 21.8 Å². The summed E-state index contributed by atoms with van der Waals surface area (Å²) in [6.07, 6.45) is 7.76. The van der Waals surface area contributed by atoms with Crippen LogP contribution in [0.2, 0.25) is 0 Å². The van der Waals surface area contributed by atoms with Crippen molar-refractivity contribution in [3.05, 3.63) is 72.1 Å². The average molecular weight is 314 g/mol. The van der Waals surface area contributed by atoms with Crippen molar-refractivity contribution in [2.75, 3.05) is 0 Å². The standard InChI is InChI=1S/C20H18N4/c1-23-13-15(17-7-3-5-9-19(17)23)11-21-22-12-16-14-24(2)20-10-6-4-8-18(16)20/h3-14H,1-2H3. The van der Waals surface area contributed by atoms with Crippen molar-refractivity contribution >= 4 is 34.2 Å². The molecule has 0 unspecified atom stereocenters. The van der Waals surface area contributed by atoms with Gasteiger partial charge in [0.1, 0.15) is 0 Å². The van der Waals surface area contributed by atoms with E-state index in [9.17, 15) is 0 Å². The summed E-state index contributed by atoms with van der Waals surface area (Å²) in [5.41, 5.74) is 4.53. The summed E-state index contributed by atoms with van der Waals surface area (Å²) >= 11 is 0. The fourth-order valence-electron chi connectivity index (χ4n) is 3.14. The van der Waals surface area contributed by atoms with Crippen LogP contribution in [-0.2, 0) is 14.1 Å². The van der Waals surface area contributed by atoms with Gasteiger partial charge < -0.3 is 9.13 Å². The molecule has 0 aliphatic heterocycles. The molecule has 0 amide bonds. The van der Waals surface area contributed by atoms with Gasteiger partial charge in [0.05, 0.1) is 12.4 Å². The molecule has 2 heterocycles.